The van der Waals surface area contributed by atoms with E-state index >= 15 is 0 Å². The van der Waals surface area contributed by atoms with Gasteiger partial charge in [0.2, 0.25) is 0 Å². The van der Waals surface area contributed by atoms with Crippen molar-refractivity contribution in [2.75, 3.05) is 11.9 Å². The lowest BCUT2D eigenvalue weighted by Gasteiger charge is -2.07. The van der Waals surface area contributed by atoms with Crippen molar-refractivity contribution in [3.63, 3.8) is 0 Å². The summed E-state index contributed by atoms with van der Waals surface area (Å²) in [7, 11) is 1.77. The number of benzene rings is 1. The van der Waals surface area contributed by atoms with E-state index in [4.69, 9.17) is 0 Å². The van der Waals surface area contributed by atoms with Crippen LogP contribution in [0.2, 0.25) is 0 Å². The third-order valence-electron chi connectivity index (χ3n) is 3.20. The van der Waals surface area contributed by atoms with E-state index in [1.54, 1.807) is 17.8 Å². The predicted octanol–water partition coefficient (Wildman–Crippen LogP) is 2.48. The number of anilines is 1. The van der Waals surface area contributed by atoms with Gasteiger partial charge in [0, 0.05) is 19.3 Å². The van der Waals surface area contributed by atoms with Crippen molar-refractivity contribution in [2.24, 2.45) is 7.05 Å². The van der Waals surface area contributed by atoms with Gasteiger partial charge >= 0.3 is 0 Å². The molecule has 0 atom stereocenters. The zero-order chi connectivity index (χ0) is 15.2. The molecule has 0 fully saturated rings. The maximum Gasteiger partial charge on any atom is 0.273 e. The molecule has 0 saturated carbocycles. The molecule has 112 valence electrons. The summed E-state index contributed by atoms with van der Waals surface area (Å²) in [6.45, 7) is 5.88. The molecule has 5 nitrogen and oxygen atoms in total. The van der Waals surface area contributed by atoms with Crippen molar-refractivity contribution in [1.82, 2.24) is 15.1 Å². The van der Waals surface area contributed by atoms with E-state index < -0.39 is 0 Å². The van der Waals surface area contributed by atoms with Gasteiger partial charge in [-0.25, -0.2) is 0 Å². The molecule has 0 aliphatic carbocycles. The highest BCUT2D eigenvalue weighted by atomic mass is 16.2. The fourth-order valence-corrected chi connectivity index (χ4v) is 2.13. The van der Waals surface area contributed by atoms with Gasteiger partial charge in [-0.3, -0.25) is 9.48 Å². The third-order valence-corrected chi connectivity index (χ3v) is 3.20. The Kier molecular flexibility index (Phi) is 5.11. The standard InChI is InChI=1S/C16H22N4O/c1-4-9-17-11-13-5-7-14(8-6-13)18-16(21)15-10-12(2)19-20(15)3/h5-8,10,17H,4,9,11H2,1-3H3,(H,18,21). The zero-order valence-electron chi connectivity index (χ0n) is 12.8. The highest BCUT2D eigenvalue weighted by Gasteiger charge is 2.11. The number of carbonyl (C=O) groups is 1. The Morgan fingerprint density at radius 1 is 1.29 bits per heavy atom. The maximum absolute atomic E-state index is 12.2. The first-order valence-electron chi connectivity index (χ1n) is 7.22. The van der Waals surface area contributed by atoms with Crippen molar-refractivity contribution in [2.45, 2.75) is 26.8 Å². The van der Waals surface area contributed by atoms with Crippen LogP contribution >= 0.6 is 0 Å². The van der Waals surface area contributed by atoms with Gasteiger partial charge in [0.05, 0.1) is 5.69 Å². The van der Waals surface area contributed by atoms with Gasteiger partial charge in [-0.15, -0.1) is 0 Å². The lowest BCUT2D eigenvalue weighted by Crippen LogP contribution is -2.16. The summed E-state index contributed by atoms with van der Waals surface area (Å²) >= 11 is 0. The normalized spacial score (nSPS) is 10.6. The van der Waals surface area contributed by atoms with E-state index in [-0.39, 0.29) is 5.91 Å². The minimum atomic E-state index is -0.144. The van der Waals surface area contributed by atoms with Crippen molar-refractivity contribution in [3.8, 4) is 0 Å². The van der Waals surface area contributed by atoms with Gasteiger partial charge in [-0.2, -0.15) is 5.10 Å². The van der Waals surface area contributed by atoms with Gasteiger partial charge in [0.1, 0.15) is 5.69 Å². The number of hydrogen-bond acceptors (Lipinski definition) is 3. The Morgan fingerprint density at radius 3 is 2.57 bits per heavy atom. The number of nitrogens with zero attached hydrogens (tertiary/aromatic N) is 2. The summed E-state index contributed by atoms with van der Waals surface area (Å²) in [5.74, 6) is -0.144. The van der Waals surface area contributed by atoms with Crippen molar-refractivity contribution in [3.05, 3.63) is 47.3 Å². The van der Waals surface area contributed by atoms with Crippen LogP contribution in [-0.4, -0.2) is 22.2 Å². The number of hydrogen-bond donors (Lipinski definition) is 2. The minimum absolute atomic E-state index is 0.144. The number of nitrogens with one attached hydrogen (secondary N) is 2. The van der Waals surface area contributed by atoms with Gasteiger partial charge in [0.15, 0.2) is 0 Å². The second kappa shape index (κ2) is 7.04. The Morgan fingerprint density at radius 2 is 2.00 bits per heavy atom. The van der Waals surface area contributed by atoms with E-state index in [1.165, 1.54) is 5.56 Å². The van der Waals surface area contributed by atoms with Gasteiger partial charge in [-0.1, -0.05) is 19.1 Å². The molecule has 0 unspecified atom stereocenters. The molecule has 1 aromatic heterocycles. The van der Waals surface area contributed by atoms with E-state index in [1.807, 2.05) is 31.2 Å². The Balaban J connectivity index is 1.96. The SMILES string of the molecule is CCCNCc1ccc(NC(=O)c2cc(C)nn2C)cc1. The first-order chi connectivity index (χ1) is 10.1. The van der Waals surface area contributed by atoms with Gasteiger partial charge < -0.3 is 10.6 Å². The largest absolute Gasteiger partial charge is 0.321 e. The van der Waals surface area contributed by atoms with E-state index in [0.717, 1.165) is 30.9 Å². The summed E-state index contributed by atoms with van der Waals surface area (Å²) in [6, 6.07) is 9.66. The number of amides is 1. The van der Waals surface area contributed by atoms with Crippen LogP contribution in [0.3, 0.4) is 0 Å². The number of rotatable bonds is 6. The first kappa shape index (κ1) is 15.3. The van der Waals surface area contributed by atoms with Crippen molar-refractivity contribution >= 4 is 11.6 Å². The summed E-state index contributed by atoms with van der Waals surface area (Å²) in [5, 5.41) is 10.4. The van der Waals surface area contributed by atoms with Crippen molar-refractivity contribution in [1.29, 1.82) is 0 Å². The molecule has 0 bridgehead atoms. The summed E-state index contributed by atoms with van der Waals surface area (Å²) in [4.78, 5) is 12.2. The molecule has 0 spiro atoms. The van der Waals surface area contributed by atoms with Crippen LogP contribution < -0.4 is 10.6 Å². The lowest BCUT2D eigenvalue weighted by atomic mass is 10.2. The Bertz CT molecular complexity index is 601. The molecule has 0 saturated heterocycles. The van der Waals surface area contributed by atoms with Crippen LogP contribution in [0.1, 0.15) is 35.1 Å². The average molecular weight is 286 g/mol. The molecular weight excluding hydrogens is 264 g/mol. The van der Waals surface area contributed by atoms with Crippen LogP contribution in [0, 0.1) is 6.92 Å². The topological polar surface area (TPSA) is 58.9 Å². The minimum Gasteiger partial charge on any atom is -0.321 e. The van der Waals surface area contributed by atoms with Crippen LogP contribution in [0.5, 0.6) is 0 Å². The van der Waals surface area contributed by atoms with Crippen LogP contribution in [-0.2, 0) is 13.6 Å². The van der Waals surface area contributed by atoms with Gasteiger partial charge in [-0.05, 0) is 43.7 Å². The highest BCUT2D eigenvalue weighted by Crippen LogP contribution is 2.12. The fourth-order valence-electron chi connectivity index (χ4n) is 2.13. The van der Waals surface area contributed by atoms with Gasteiger partial charge in [0.25, 0.3) is 5.91 Å². The summed E-state index contributed by atoms with van der Waals surface area (Å²) in [6.07, 6.45) is 1.12. The highest BCUT2D eigenvalue weighted by molar-refractivity contribution is 6.03. The first-order valence-corrected chi connectivity index (χ1v) is 7.22. The molecule has 1 heterocycles. The van der Waals surface area contributed by atoms with E-state index in [0.29, 0.717) is 5.69 Å². The molecule has 2 N–H and O–H groups in total. The molecule has 2 rings (SSSR count). The van der Waals surface area contributed by atoms with Crippen LogP contribution in [0.4, 0.5) is 5.69 Å². The number of carbonyl (C=O) groups excluding carboxylic acids is 1. The molecule has 0 aliphatic heterocycles. The summed E-state index contributed by atoms with van der Waals surface area (Å²) < 4.78 is 1.59. The predicted molar refractivity (Wildman–Crippen MR) is 84.3 cm³/mol. The average Bonchev–Trinajstić information content (AvgIpc) is 2.80. The molecule has 5 heteroatoms. The Hall–Kier alpha value is -2.14. The summed E-state index contributed by atoms with van der Waals surface area (Å²) in [5.41, 5.74) is 3.39. The molecular formula is C16H22N4O. The molecule has 0 radical (unpaired) electrons. The van der Waals surface area contributed by atoms with Crippen molar-refractivity contribution < 1.29 is 4.79 Å². The third kappa shape index (κ3) is 4.16. The monoisotopic (exact) mass is 286 g/mol. The van der Waals surface area contributed by atoms with E-state index in [2.05, 4.69) is 22.7 Å². The molecule has 21 heavy (non-hydrogen) atoms. The Labute approximate surface area is 125 Å². The molecule has 1 aromatic carbocycles. The van der Waals surface area contributed by atoms with E-state index in [9.17, 15) is 4.79 Å². The second-order valence-electron chi connectivity index (χ2n) is 5.12. The van der Waals surface area contributed by atoms with Crippen LogP contribution in [0.25, 0.3) is 0 Å². The quantitative estimate of drug-likeness (QED) is 0.802. The number of aryl methyl sites for hydroxylation is 2. The fraction of sp³-hybridized carbons (Fsp3) is 0.375. The molecule has 0 aliphatic rings. The molecule has 1 amide bonds. The maximum atomic E-state index is 12.2. The zero-order valence-corrected chi connectivity index (χ0v) is 12.8. The van der Waals surface area contributed by atoms with Crippen LogP contribution in [0.15, 0.2) is 30.3 Å². The smallest absolute Gasteiger partial charge is 0.273 e. The number of aromatic nitrogens is 2. The second-order valence-corrected chi connectivity index (χ2v) is 5.12. The lowest BCUT2D eigenvalue weighted by molar-refractivity contribution is 0.101. The molecule has 2 aromatic rings.